The smallest absolute Gasteiger partial charge is 0.322 e. The molecule has 0 spiro atoms. The molecule has 0 heterocycles. The molecule has 94 valence electrons. The van der Waals surface area contributed by atoms with E-state index in [2.05, 4.69) is 21.2 Å². The number of rotatable bonds is 4. The Kier molecular flexibility index (Phi) is 8.05. The Balaban J connectivity index is 0.00000121. The molecule has 17 heavy (non-hydrogen) atoms. The maximum Gasteiger partial charge on any atom is 0.322 e. The van der Waals surface area contributed by atoms with Crippen molar-refractivity contribution in [3.8, 4) is 0 Å². The summed E-state index contributed by atoms with van der Waals surface area (Å²) in [6, 6.07) is 6.99. The van der Waals surface area contributed by atoms with Gasteiger partial charge in [-0.2, -0.15) is 0 Å². The van der Waals surface area contributed by atoms with Gasteiger partial charge in [-0.3, -0.25) is 9.59 Å². The normalized spacial score (nSPS) is 8.88. The first kappa shape index (κ1) is 15.6. The van der Waals surface area contributed by atoms with Crippen molar-refractivity contribution in [2.45, 2.75) is 19.2 Å². The second kappa shape index (κ2) is 8.75. The third kappa shape index (κ3) is 6.06. The van der Waals surface area contributed by atoms with Crippen LogP contribution in [0.1, 0.15) is 29.8 Å². The van der Waals surface area contributed by atoms with Gasteiger partial charge >= 0.3 is 5.97 Å². The highest BCUT2D eigenvalue weighted by atomic mass is 79.9. The van der Waals surface area contributed by atoms with Gasteiger partial charge in [0.15, 0.2) is 0 Å². The van der Waals surface area contributed by atoms with Crippen molar-refractivity contribution in [3.05, 3.63) is 35.4 Å². The largest absolute Gasteiger partial charge is 0.480 e. The predicted octanol–water partition coefficient (Wildman–Crippen LogP) is 2.42. The zero-order chi connectivity index (χ0) is 13.3. The van der Waals surface area contributed by atoms with E-state index in [0.717, 1.165) is 5.56 Å². The van der Waals surface area contributed by atoms with E-state index in [0.29, 0.717) is 10.9 Å². The highest BCUT2D eigenvalue weighted by Crippen LogP contribution is 2.08. The van der Waals surface area contributed by atoms with Crippen LogP contribution in [-0.4, -0.2) is 23.5 Å². The van der Waals surface area contributed by atoms with E-state index in [1.165, 1.54) is 0 Å². The van der Waals surface area contributed by atoms with E-state index in [1.807, 2.05) is 19.9 Å². The molecular weight excluding hydrogens is 286 g/mol. The van der Waals surface area contributed by atoms with Gasteiger partial charge < -0.3 is 10.4 Å². The van der Waals surface area contributed by atoms with Crippen LogP contribution in [0.3, 0.4) is 0 Å². The lowest BCUT2D eigenvalue weighted by atomic mass is 10.1. The van der Waals surface area contributed by atoms with Crippen LogP contribution in [0.15, 0.2) is 24.3 Å². The maximum absolute atomic E-state index is 11.4. The number of amides is 1. The summed E-state index contributed by atoms with van der Waals surface area (Å²) in [6.07, 6.45) is 0. The fourth-order valence-electron chi connectivity index (χ4n) is 1.05. The first-order valence-corrected chi connectivity index (χ1v) is 6.40. The van der Waals surface area contributed by atoms with Crippen molar-refractivity contribution < 1.29 is 14.7 Å². The standard InChI is InChI=1S/C10H10BrNO3.C2H6/c11-5-7-2-1-3-8(4-7)10(15)12-6-9(13)14;1-2/h1-4H,5-6H2,(H,12,15)(H,13,14);1-2H3. The minimum absolute atomic E-state index is 0.364. The molecule has 0 saturated heterocycles. The van der Waals surface area contributed by atoms with Gasteiger partial charge in [0, 0.05) is 10.9 Å². The molecule has 1 aromatic carbocycles. The van der Waals surface area contributed by atoms with E-state index in [9.17, 15) is 9.59 Å². The topological polar surface area (TPSA) is 66.4 Å². The van der Waals surface area contributed by atoms with Gasteiger partial charge in [-0.15, -0.1) is 0 Å². The molecular formula is C12H16BrNO3. The van der Waals surface area contributed by atoms with Crippen LogP contribution in [0, 0.1) is 0 Å². The number of hydrogen-bond donors (Lipinski definition) is 2. The van der Waals surface area contributed by atoms with E-state index in [4.69, 9.17) is 5.11 Å². The summed E-state index contributed by atoms with van der Waals surface area (Å²) in [6.45, 7) is 3.64. The second-order valence-corrected chi connectivity index (χ2v) is 3.47. The third-order valence-corrected chi connectivity index (χ3v) is 2.39. The van der Waals surface area contributed by atoms with Gasteiger partial charge in [0.1, 0.15) is 6.54 Å². The lowest BCUT2D eigenvalue weighted by Crippen LogP contribution is -2.29. The van der Waals surface area contributed by atoms with Crippen molar-refractivity contribution in [2.24, 2.45) is 0 Å². The van der Waals surface area contributed by atoms with Crippen LogP contribution < -0.4 is 5.32 Å². The molecule has 0 saturated carbocycles. The third-order valence-electron chi connectivity index (χ3n) is 1.74. The number of aliphatic carboxylic acids is 1. The van der Waals surface area contributed by atoms with Crippen LogP contribution >= 0.6 is 15.9 Å². The molecule has 0 radical (unpaired) electrons. The molecule has 1 amide bonds. The summed E-state index contributed by atoms with van der Waals surface area (Å²) >= 11 is 3.28. The molecule has 4 nitrogen and oxygen atoms in total. The number of alkyl halides is 1. The number of nitrogens with one attached hydrogen (secondary N) is 1. The number of benzene rings is 1. The van der Waals surface area contributed by atoms with Gasteiger partial charge in [0.05, 0.1) is 0 Å². The van der Waals surface area contributed by atoms with E-state index in [-0.39, 0.29) is 12.5 Å². The SMILES string of the molecule is CC.O=C(O)CNC(=O)c1cccc(CBr)c1. The number of carboxylic acids is 1. The molecule has 0 aliphatic heterocycles. The lowest BCUT2D eigenvalue weighted by molar-refractivity contribution is -0.135. The monoisotopic (exact) mass is 301 g/mol. The Morgan fingerprint density at radius 3 is 2.53 bits per heavy atom. The quantitative estimate of drug-likeness (QED) is 0.839. The Labute approximate surface area is 109 Å². The molecule has 1 aromatic rings. The van der Waals surface area contributed by atoms with Gasteiger partial charge in [-0.1, -0.05) is 41.9 Å². The molecule has 0 atom stereocenters. The fraction of sp³-hybridized carbons (Fsp3) is 0.333. The Hall–Kier alpha value is -1.36. The molecule has 5 heteroatoms. The van der Waals surface area contributed by atoms with E-state index < -0.39 is 5.97 Å². The molecule has 0 aliphatic carbocycles. The van der Waals surface area contributed by atoms with Crippen LogP contribution in [0.4, 0.5) is 0 Å². The number of carboxylic acid groups (broad SMARTS) is 1. The first-order valence-electron chi connectivity index (χ1n) is 5.28. The molecule has 0 aliphatic rings. The highest BCUT2D eigenvalue weighted by Gasteiger charge is 2.06. The van der Waals surface area contributed by atoms with Gasteiger partial charge in [0.25, 0.3) is 5.91 Å². The first-order chi connectivity index (χ1) is 8.13. The van der Waals surface area contributed by atoms with Crippen LogP contribution in [0.5, 0.6) is 0 Å². The highest BCUT2D eigenvalue weighted by molar-refractivity contribution is 9.08. The Bertz CT molecular complexity index is 380. The fourth-order valence-corrected chi connectivity index (χ4v) is 1.40. The van der Waals surface area contributed by atoms with Gasteiger partial charge in [-0.05, 0) is 17.7 Å². The van der Waals surface area contributed by atoms with Crippen molar-refractivity contribution in [3.63, 3.8) is 0 Å². The lowest BCUT2D eigenvalue weighted by Gasteiger charge is -2.03. The minimum Gasteiger partial charge on any atom is -0.480 e. The van der Waals surface area contributed by atoms with Crippen molar-refractivity contribution in [1.29, 1.82) is 0 Å². The zero-order valence-electron chi connectivity index (χ0n) is 9.87. The second-order valence-electron chi connectivity index (χ2n) is 2.91. The zero-order valence-corrected chi connectivity index (χ0v) is 11.5. The van der Waals surface area contributed by atoms with Crippen molar-refractivity contribution in [2.75, 3.05) is 6.54 Å². The van der Waals surface area contributed by atoms with Gasteiger partial charge in [-0.25, -0.2) is 0 Å². The average Bonchev–Trinajstić information content (AvgIpc) is 2.38. The minimum atomic E-state index is -1.06. The molecule has 0 bridgehead atoms. The van der Waals surface area contributed by atoms with E-state index >= 15 is 0 Å². The molecule has 0 unspecified atom stereocenters. The Morgan fingerprint density at radius 1 is 1.35 bits per heavy atom. The summed E-state index contributed by atoms with van der Waals surface area (Å²) in [5, 5.41) is 11.3. The number of hydrogen-bond acceptors (Lipinski definition) is 2. The molecule has 0 aromatic heterocycles. The maximum atomic E-state index is 11.4. The summed E-state index contributed by atoms with van der Waals surface area (Å²) in [5.41, 5.74) is 1.44. The average molecular weight is 302 g/mol. The number of carbonyl (C=O) groups excluding carboxylic acids is 1. The van der Waals surface area contributed by atoms with Crippen molar-refractivity contribution in [1.82, 2.24) is 5.32 Å². The number of halogens is 1. The summed E-state index contributed by atoms with van der Waals surface area (Å²) in [4.78, 5) is 21.7. The summed E-state index contributed by atoms with van der Waals surface area (Å²) in [5.74, 6) is -1.43. The summed E-state index contributed by atoms with van der Waals surface area (Å²) < 4.78 is 0. The molecule has 0 fully saturated rings. The van der Waals surface area contributed by atoms with Gasteiger partial charge in [0.2, 0.25) is 0 Å². The van der Waals surface area contributed by atoms with Crippen LogP contribution in [0.25, 0.3) is 0 Å². The molecule has 1 rings (SSSR count). The van der Waals surface area contributed by atoms with E-state index in [1.54, 1.807) is 18.2 Å². The Morgan fingerprint density at radius 2 is 2.00 bits per heavy atom. The predicted molar refractivity (Wildman–Crippen MR) is 70.4 cm³/mol. The van der Waals surface area contributed by atoms with Crippen LogP contribution in [0.2, 0.25) is 0 Å². The van der Waals surface area contributed by atoms with Crippen molar-refractivity contribution >= 4 is 27.8 Å². The molecule has 2 N–H and O–H groups in total. The van der Waals surface area contributed by atoms with Crippen LogP contribution in [-0.2, 0) is 10.1 Å². The number of carbonyl (C=O) groups is 2. The summed E-state index contributed by atoms with van der Waals surface area (Å²) in [7, 11) is 0.